The maximum absolute atomic E-state index is 5.01. The summed E-state index contributed by atoms with van der Waals surface area (Å²) in [6, 6.07) is 0. The van der Waals surface area contributed by atoms with Crippen molar-refractivity contribution in [2.45, 2.75) is 0 Å². The van der Waals surface area contributed by atoms with Gasteiger partial charge in [-0.2, -0.15) is 0 Å². The van der Waals surface area contributed by atoms with Gasteiger partial charge < -0.3 is 9.16 Å². The summed E-state index contributed by atoms with van der Waals surface area (Å²) in [7, 11) is 2.06. The molecule has 0 aromatic rings. The minimum absolute atomic E-state index is 0.409. The molecule has 2 radical (unpaired) electrons. The molecule has 0 aromatic heterocycles. The fourth-order valence-corrected chi connectivity index (χ4v) is 0.562. The summed E-state index contributed by atoms with van der Waals surface area (Å²) in [6.45, 7) is 4.84. The summed E-state index contributed by atoms with van der Waals surface area (Å²) in [4.78, 5) is 0. The normalized spacial score (nSPS) is 9.12. The predicted octanol–water partition coefficient (Wildman–Crippen LogP) is 0.412. The Labute approximate surface area is 52.4 Å². The van der Waals surface area contributed by atoms with E-state index >= 15 is 0 Å². The highest BCUT2D eigenvalue weighted by Gasteiger charge is 1.81. The highest BCUT2D eigenvalue weighted by molar-refractivity contribution is 6.33. The minimum atomic E-state index is 0.409. The smallest absolute Gasteiger partial charge is 0.260 e. The molecule has 0 N–H and O–H groups in total. The van der Waals surface area contributed by atoms with E-state index in [4.69, 9.17) is 9.16 Å². The Kier molecular flexibility index (Phi) is 6.77. The molecule has 46 valence electrons. The molecule has 0 rings (SSSR count). The second kappa shape index (κ2) is 6.88. The summed E-state index contributed by atoms with van der Waals surface area (Å²) < 4.78 is 9.74. The lowest BCUT2D eigenvalue weighted by molar-refractivity contribution is 0.150. The first-order valence-corrected chi connectivity index (χ1v) is 3.37. The number of rotatable bonds is 5. The van der Waals surface area contributed by atoms with Gasteiger partial charge in [0.25, 0.3) is 9.76 Å². The summed E-state index contributed by atoms with van der Waals surface area (Å²) in [6.07, 6.45) is 0. The average Bonchev–Trinajstić information content (AvgIpc) is 1.81. The summed E-state index contributed by atoms with van der Waals surface area (Å²) in [5, 5.41) is 0. The third-order valence-electron chi connectivity index (χ3n) is 0.556. The molecule has 0 aliphatic carbocycles. The van der Waals surface area contributed by atoms with Crippen LogP contribution in [-0.2, 0) is 9.16 Å². The second-order valence-corrected chi connectivity index (χ2v) is 2.10. The first-order chi connectivity index (χ1) is 3.91. The predicted molar refractivity (Wildman–Crippen MR) is 33.8 cm³/mol. The van der Waals surface area contributed by atoms with Crippen LogP contribution in [0.15, 0.2) is 12.3 Å². The SMILES string of the molecule is C=C[Si]OCCOC. The first kappa shape index (κ1) is 7.88. The lowest BCUT2D eigenvalue weighted by atomic mass is 10.8. The number of hydrogen-bond acceptors (Lipinski definition) is 2. The van der Waals surface area contributed by atoms with Crippen LogP contribution in [0.3, 0.4) is 0 Å². The van der Waals surface area contributed by atoms with Gasteiger partial charge in [0, 0.05) is 7.11 Å². The molecular formula is C5H10O2Si. The van der Waals surface area contributed by atoms with E-state index in [1.165, 1.54) is 0 Å². The molecule has 0 bridgehead atoms. The van der Waals surface area contributed by atoms with Crippen LogP contribution >= 0.6 is 0 Å². The Balaban J connectivity index is 2.62. The monoisotopic (exact) mass is 130 g/mol. The molecule has 2 nitrogen and oxygen atoms in total. The van der Waals surface area contributed by atoms with Gasteiger partial charge in [0.05, 0.1) is 13.2 Å². The van der Waals surface area contributed by atoms with Gasteiger partial charge in [-0.05, 0) is 0 Å². The van der Waals surface area contributed by atoms with Crippen molar-refractivity contribution in [3.05, 3.63) is 12.3 Å². The van der Waals surface area contributed by atoms with Gasteiger partial charge in [-0.15, -0.1) is 6.58 Å². The lowest BCUT2D eigenvalue weighted by Gasteiger charge is -1.95. The van der Waals surface area contributed by atoms with Crippen LogP contribution in [0.5, 0.6) is 0 Å². The van der Waals surface area contributed by atoms with Gasteiger partial charge in [-0.1, -0.05) is 5.70 Å². The average molecular weight is 130 g/mol. The summed E-state index contributed by atoms with van der Waals surface area (Å²) >= 11 is 0. The van der Waals surface area contributed by atoms with Crippen LogP contribution in [0.2, 0.25) is 0 Å². The molecule has 0 heterocycles. The van der Waals surface area contributed by atoms with Crippen molar-refractivity contribution >= 4 is 9.76 Å². The third-order valence-corrected chi connectivity index (χ3v) is 1.09. The Bertz CT molecular complexity index is 56.4. The van der Waals surface area contributed by atoms with Crippen molar-refractivity contribution in [2.75, 3.05) is 20.3 Å². The molecule has 0 spiro atoms. The Morgan fingerprint density at radius 2 is 2.38 bits per heavy atom. The number of methoxy groups -OCH3 is 1. The van der Waals surface area contributed by atoms with Crippen LogP contribution in [0.1, 0.15) is 0 Å². The maximum atomic E-state index is 5.01. The largest absolute Gasteiger partial charge is 0.410 e. The molecule has 0 aromatic carbocycles. The van der Waals surface area contributed by atoms with Crippen molar-refractivity contribution in [1.82, 2.24) is 0 Å². The molecule has 0 saturated carbocycles. The molecule has 8 heavy (non-hydrogen) atoms. The van der Waals surface area contributed by atoms with E-state index in [1.54, 1.807) is 12.8 Å². The van der Waals surface area contributed by atoms with Crippen molar-refractivity contribution in [3.63, 3.8) is 0 Å². The van der Waals surface area contributed by atoms with Crippen molar-refractivity contribution in [2.24, 2.45) is 0 Å². The molecule has 0 amide bonds. The standard InChI is InChI=1S/C5H10O2Si/c1-3-8-7-5-4-6-2/h3H,1,4-5H2,2H3. The number of hydrogen-bond donors (Lipinski definition) is 0. The fraction of sp³-hybridized carbons (Fsp3) is 0.600. The van der Waals surface area contributed by atoms with E-state index in [-0.39, 0.29) is 0 Å². The van der Waals surface area contributed by atoms with Gasteiger partial charge in [0.15, 0.2) is 0 Å². The van der Waals surface area contributed by atoms with Gasteiger partial charge >= 0.3 is 0 Å². The molecule has 0 unspecified atom stereocenters. The van der Waals surface area contributed by atoms with Gasteiger partial charge in [-0.3, -0.25) is 0 Å². The molecule has 0 atom stereocenters. The molecule has 0 fully saturated rings. The van der Waals surface area contributed by atoms with E-state index in [2.05, 4.69) is 6.58 Å². The van der Waals surface area contributed by atoms with E-state index in [0.29, 0.717) is 23.0 Å². The minimum Gasteiger partial charge on any atom is -0.410 e. The highest BCUT2D eigenvalue weighted by atomic mass is 28.2. The van der Waals surface area contributed by atoms with E-state index in [0.717, 1.165) is 0 Å². The van der Waals surface area contributed by atoms with Crippen LogP contribution in [-0.4, -0.2) is 30.1 Å². The van der Waals surface area contributed by atoms with Crippen molar-refractivity contribution < 1.29 is 9.16 Å². The van der Waals surface area contributed by atoms with Gasteiger partial charge in [0.2, 0.25) is 0 Å². The van der Waals surface area contributed by atoms with Crippen molar-refractivity contribution in [3.8, 4) is 0 Å². The van der Waals surface area contributed by atoms with Gasteiger partial charge in [0.1, 0.15) is 0 Å². The van der Waals surface area contributed by atoms with Crippen LogP contribution < -0.4 is 0 Å². The highest BCUT2D eigenvalue weighted by Crippen LogP contribution is 1.71. The molecule has 0 aliphatic rings. The first-order valence-electron chi connectivity index (χ1n) is 2.39. The second-order valence-electron chi connectivity index (χ2n) is 1.16. The Hall–Kier alpha value is -0.123. The van der Waals surface area contributed by atoms with Crippen LogP contribution in [0.25, 0.3) is 0 Å². The van der Waals surface area contributed by atoms with Crippen LogP contribution in [0, 0.1) is 0 Å². The summed E-state index contributed by atoms with van der Waals surface area (Å²) in [5.41, 5.74) is 1.75. The zero-order chi connectivity index (χ0) is 6.24. The molecule has 0 saturated heterocycles. The molecule has 3 heteroatoms. The molecule has 0 aliphatic heterocycles. The van der Waals surface area contributed by atoms with E-state index < -0.39 is 0 Å². The quantitative estimate of drug-likeness (QED) is 0.396. The van der Waals surface area contributed by atoms with E-state index in [1.807, 2.05) is 0 Å². The summed E-state index contributed by atoms with van der Waals surface area (Å²) in [5.74, 6) is 0. The number of ether oxygens (including phenoxy) is 1. The van der Waals surface area contributed by atoms with Crippen molar-refractivity contribution in [1.29, 1.82) is 0 Å². The Morgan fingerprint density at radius 1 is 1.62 bits per heavy atom. The third kappa shape index (κ3) is 5.88. The van der Waals surface area contributed by atoms with E-state index in [9.17, 15) is 0 Å². The Morgan fingerprint density at radius 3 is 2.88 bits per heavy atom. The lowest BCUT2D eigenvalue weighted by Crippen LogP contribution is -2.03. The fourth-order valence-electron chi connectivity index (χ4n) is 0.243. The maximum Gasteiger partial charge on any atom is 0.260 e. The topological polar surface area (TPSA) is 18.5 Å². The zero-order valence-electron chi connectivity index (χ0n) is 5.02. The molecular weight excluding hydrogens is 120 g/mol. The van der Waals surface area contributed by atoms with Gasteiger partial charge in [-0.25, -0.2) is 0 Å². The van der Waals surface area contributed by atoms with Crippen LogP contribution in [0.4, 0.5) is 0 Å². The zero-order valence-corrected chi connectivity index (χ0v) is 6.02.